The second-order valence-corrected chi connectivity index (χ2v) is 9.75. The minimum Gasteiger partial charge on any atom is -0.346 e. The maximum Gasteiger partial charge on any atom is 0.234 e. The molecular formula is C18H18ClN5OS3. The van der Waals surface area contributed by atoms with E-state index in [9.17, 15) is 4.79 Å². The predicted octanol–water partition coefficient (Wildman–Crippen LogP) is 4.33. The highest BCUT2D eigenvalue weighted by Crippen LogP contribution is 2.34. The molecule has 1 fully saturated rings. The molecular weight excluding hydrogens is 434 g/mol. The van der Waals surface area contributed by atoms with E-state index in [4.69, 9.17) is 11.6 Å². The van der Waals surface area contributed by atoms with Gasteiger partial charge < -0.3 is 10.2 Å². The number of rotatable bonds is 5. The number of thioether (sulfide) groups is 2. The van der Waals surface area contributed by atoms with Crippen LogP contribution in [0.2, 0.25) is 5.02 Å². The van der Waals surface area contributed by atoms with Crippen LogP contribution in [-0.2, 0) is 4.79 Å². The van der Waals surface area contributed by atoms with Crippen molar-refractivity contribution in [3.8, 4) is 0 Å². The van der Waals surface area contributed by atoms with Gasteiger partial charge in [-0.2, -0.15) is 16.7 Å². The second kappa shape index (κ2) is 8.86. The summed E-state index contributed by atoms with van der Waals surface area (Å²) in [4.78, 5) is 28.0. The van der Waals surface area contributed by atoms with Crippen molar-refractivity contribution >= 4 is 73.5 Å². The summed E-state index contributed by atoms with van der Waals surface area (Å²) in [6.45, 7) is 3.89. The lowest BCUT2D eigenvalue weighted by molar-refractivity contribution is -0.113. The molecule has 1 saturated heterocycles. The van der Waals surface area contributed by atoms with E-state index < -0.39 is 0 Å². The second-order valence-electron chi connectivity index (χ2n) is 6.18. The largest absolute Gasteiger partial charge is 0.346 e. The highest BCUT2D eigenvalue weighted by atomic mass is 35.5. The molecule has 0 unspecified atom stereocenters. The van der Waals surface area contributed by atoms with Crippen molar-refractivity contribution in [2.75, 3.05) is 40.6 Å². The first kappa shape index (κ1) is 19.8. The molecule has 0 saturated carbocycles. The number of hydrogen-bond donors (Lipinski definition) is 1. The first-order valence-corrected chi connectivity index (χ1v) is 12.1. The number of aromatic nitrogens is 3. The van der Waals surface area contributed by atoms with E-state index in [1.165, 1.54) is 18.1 Å². The summed E-state index contributed by atoms with van der Waals surface area (Å²) in [5.74, 6) is 2.39. The van der Waals surface area contributed by atoms with E-state index in [-0.39, 0.29) is 11.7 Å². The summed E-state index contributed by atoms with van der Waals surface area (Å²) in [7, 11) is 0. The van der Waals surface area contributed by atoms with Crippen LogP contribution in [0.4, 0.5) is 10.8 Å². The first-order valence-electron chi connectivity index (χ1n) is 8.74. The van der Waals surface area contributed by atoms with Crippen molar-refractivity contribution in [1.82, 2.24) is 15.0 Å². The summed E-state index contributed by atoms with van der Waals surface area (Å²) in [6, 6.07) is 5.48. The van der Waals surface area contributed by atoms with Gasteiger partial charge >= 0.3 is 0 Å². The Labute approximate surface area is 180 Å². The maximum absolute atomic E-state index is 12.4. The van der Waals surface area contributed by atoms with Crippen LogP contribution in [0.3, 0.4) is 0 Å². The van der Waals surface area contributed by atoms with Crippen molar-refractivity contribution in [2.45, 2.75) is 11.9 Å². The molecule has 0 radical (unpaired) electrons. The number of nitrogens with one attached hydrogen (secondary N) is 1. The Hall–Kier alpha value is -1.55. The molecule has 28 heavy (non-hydrogen) atoms. The fraction of sp³-hybridized carbons (Fsp3) is 0.333. The van der Waals surface area contributed by atoms with Crippen LogP contribution in [0.1, 0.15) is 5.56 Å². The van der Waals surface area contributed by atoms with E-state index in [1.807, 2.05) is 30.8 Å². The molecule has 146 valence electrons. The van der Waals surface area contributed by atoms with Crippen LogP contribution in [0, 0.1) is 6.92 Å². The molecule has 0 atom stereocenters. The number of carbonyl (C=O) groups excluding carboxylic acids is 1. The molecule has 1 aromatic carbocycles. The van der Waals surface area contributed by atoms with Crippen molar-refractivity contribution in [3.63, 3.8) is 0 Å². The molecule has 1 amide bonds. The molecule has 0 aliphatic carbocycles. The number of fused-ring (bicyclic) bond motifs is 1. The first-order chi connectivity index (χ1) is 13.6. The van der Waals surface area contributed by atoms with Gasteiger partial charge in [0.25, 0.3) is 0 Å². The lowest BCUT2D eigenvalue weighted by Crippen LogP contribution is -2.32. The summed E-state index contributed by atoms with van der Waals surface area (Å²) in [5.41, 5.74) is 2.29. The number of anilines is 2. The van der Waals surface area contributed by atoms with Crippen LogP contribution >= 0.6 is 46.5 Å². The molecule has 2 aromatic heterocycles. The molecule has 3 heterocycles. The van der Waals surface area contributed by atoms with Crippen molar-refractivity contribution in [3.05, 3.63) is 35.1 Å². The fourth-order valence-electron chi connectivity index (χ4n) is 2.78. The van der Waals surface area contributed by atoms with Gasteiger partial charge in [-0.05, 0) is 24.6 Å². The zero-order valence-electron chi connectivity index (χ0n) is 15.1. The average Bonchev–Trinajstić information content (AvgIpc) is 3.15. The zero-order chi connectivity index (χ0) is 19.5. The zero-order valence-corrected chi connectivity index (χ0v) is 18.4. The number of hydrogen-bond acceptors (Lipinski definition) is 8. The summed E-state index contributed by atoms with van der Waals surface area (Å²) < 4.78 is 0.937. The monoisotopic (exact) mass is 451 g/mol. The van der Waals surface area contributed by atoms with E-state index in [1.54, 1.807) is 17.4 Å². The van der Waals surface area contributed by atoms with Crippen LogP contribution in [0.15, 0.2) is 29.6 Å². The van der Waals surface area contributed by atoms with Crippen molar-refractivity contribution in [2.24, 2.45) is 0 Å². The Morgan fingerprint density at radius 2 is 2.14 bits per heavy atom. The fourth-order valence-corrected chi connectivity index (χ4v) is 5.80. The Kier molecular flexibility index (Phi) is 6.25. The van der Waals surface area contributed by atoms with Gasteiger partial charge in [0.2, 0.25) is 5.91 Å². The van der Waals surface area contributed by atoms with E-state index in [0.29, 0.717) is 10.7 Å². The molecule has 10 heteroatoms. The Morgan fingerprint density at radius 3 is 2.96 bits per heavy atom. The number of carbonyl (C=O) groups is 1. The summed E-state index contributed by atoms with van der Waals surface area (Å²) in [5, 5.41) is 5.32. The lowest BCUT2D eigenvalue weighted by atomic mass is 10.2. The smallest absolute Gasteiger partial charge is 0.234 e. The van der Waals surface area contributed by atoms with Crippen LogP contribution in [-0.4, -0.2) is 51.2 Å². The van der Waals surface area contributed by atoms with Crippen molar-refractivity contribution in [1.29, 1.82) is 0 Å². The van der Waals surface area contributed by atoms with Crippen LogP contribution < -0.4 is 10.2 Å². The summed E-state index contributed by atoms with van der Waals surface area (Å²) in [6.07, 6.45) is 1.51. The highest BCUT2D eigenvalue weighted by Gasteiger charge is 2.18. The SMILES string of the molecule is Cc1c(Cl)cccc1NC(=O)CSc1ncnc2nc(N3CCSCC3)sc12. The average molecular weight is 452 g/mol. The number of nitrogens with zero attached hydrogens (tertiary/aromatic N) is 4. The molecule has 0 spiro atoms. The third-order valence-electron chi connectivity index (χ3n) is 4.31. The number of amides is 1. The Bertz CT molecular complexity index is 1010. The standard InChI is InChI=1S/C18H18ClN5OS3/c1-11-12(19)3-2-4-13(11)22-14(25)9-27-17-15-16(20-10-21-17)23-18(28-15)24-5-7-26-8-6-24/h2-4,10H,5-9H2,1H3,(H,22,25). The quantitative estimate of drug-likeness (QED) is 0.457. The Balaban J connectivity index is 1.46. The number of halogens is 1. The summed E-state index contributed by atoms with van der Waals surface area (Å²) >= 11 is 11.1. The Morgan fingerprint density at radius 1 is 1.32 bits per heavy atom. The normalized spacial score (nSPS) is 14.4. The van der Waals surface area contributed by atoms with Gasteiger partial charge in [0.05, 0.1) is 5.75 Å². The molecule has 0 bridgehead atoms. The minimum atomic E-state index is -0.0973. The molecule has 4 rings (SSSR count). The van der Waals surface area contributed by atoms with Gasteiger partial charge in [0.1, 0.15) is 16.1 Å². The molecule has 6 nitrogen and oxygen atoms in total. The molecule has 1 N–H and O–H groups in total. The van der Waals surface area contributed by atoms with Gasteiger partial charge in [-0.3, -0.25) is 4.79 Å². The van der Waals surface area contributed by atoms with E-state index >= 15 is 0 Å². The van der Waals surface area contributed by atoms with Crippen molar-refractivity contribution < 1.29 is 4.79 Å². The van der Waals surface area contributed by atoms with Gasteiger partial charge in [0, 0.05) is 35.3 Å². The predicted molar refractivity (Wildman–Crippen MR) is 120 cm³/mol. The third kappa shape index (κ3) is 4.37. The highest BCUT2D eigenvalue weighted by molar-refractivity contribution is 8.00. The molecule has 1 aliphatic heterocycles. The number of benzene rings is 1. The van der Waals surface area contributed by atoms with Gasteiger partial charge in [-0.1, -0.05) is 40.8 Å². The lowest BCUT2D eigenvalue weighted by Gasteiger charge is -2.25. The molecule has 3 aromatic rings. The van der Waals surface area contributed by atoms with E-state index in [2.05, 4.69) is 25.2 Å². The molecule has 1 aliphatic rings. The maximum atomic E-state index is 12.4. The topological polar surface area (TPSA) is 71.0 Å². The van der Waals surface area contributed by atoms with Gasteiger partial charge in [-0.25, -0.2) is 9.97 Å². The minimum absolute atomic E-state index is 0.0973. The number of thiazole rings is 1. The third-order valence-corrected chi connectivity index (χ3v) is 7.89. The van der Waals surface area contributed by atoms with Crippen LogP contribution in [0.5, 0.6) is 0 Å². The van der Waals surface area contributed by atoms with Gasteiger partial charge in [-0.15, -0.1) is 0 Å². The van der Waals surface area contributed by atoms with E-state index in [0.717, 1.165) is 50.7 Å². The van der Waals surface area contributed by atoms with Gasteiger partial charge in [0.15, 0.2) is 10.8 Å². The van der Waals surface area contributed by atoms with Crippen LogP contribution in [0.25, 0.3) is 10.3 Å².